The van der Waals surface area contributed by atoms with Crippen molar-refractivity contribution >= 4 is 33.4 Å². The van der Waals surface area contributed by atoms with Crippen molar-refractivity contribution in [1.29, 1.82) is 0 Å². The second kappa shape index (κ2) is 6.48. The summed E-state index contributed by atoms with van der Waals surface area (Å²) in [6, 6.07) is 7.84. The number of aryl methyl sites for hydroxylation is 1. The number of rotatable bonds is 4. The van der Waals surface area contributed by atoms with Gasteiger partial charge in [-0.15, -0.1) is 11.3 Å². The van der Waals surface area contributed by atoms with E-state index in [4.69, 9.17) is 10.5 Å². The molecule has 0 saturated carbocycles. The van der Waals surface area contributed by atoms with E-state index in [2.05, 4.69) is 4.98 Å². The zero-order chi connectivity index (χ0) is 18.1. The first kappa shape index (κ1) is 16.8. The number of thiophene rings is 1. The molecular weight excluding hydrogens is 342 g/mol. The molecule has 8 heteroatoms. The number of primary amides is 1. The molecule has 128 valence electrons. The highest BCUT2D eigenvalue weighted by Crippen LogP contribution is 2.27. The van der Waals surface area contributed by atoms with Crippen molar-refractivity contribution in [3.05, 3.63) is 63.0 Å². The predicted molar refractivity (Wildman–Crippen MR) is 93.7 cm³/mol. The van der Waals surface area contributed by atoms with Crippen molar-refractivity contribution in [2.75, 3.05) is 7.11 Å². The Morgan fingerprint density at radius 3 is 2.56 bits per heavy atom. The van der Waals surface area contributed by atoms with Gasteiger partial charge in [-0.25, -0.2) is 9.78 Å². The molecule has 0 aliphatic carbocycles. The monoisotopic (exact) mass is 357 g/mol. The molecule has 0 fully saturated rings. The van der Waals surface area contributed by atoms with Gasteiger partial charge in [-0.1, -0.05) is 30.3 Å². The Labute approximate surface area is 146 Å². The summed E-state index contributed by atoms with van der Waals surface area (Å²) in [7, 11) is 1.26. The molecule has 1 amide bonds. The van der Waals surface area contributed by atoms with Gasteiger partial charge in [0.25, 0.3) is 11.5 Å². The van der Waals surface area contributed by atoms with E-state index in [0.717, 1.165) is 11.3 Å². The van der Waals surface area contributed by atoms with E-state index >= 15 is 0 Å². The Morgan fingerprint density at radius 1 is 1.28 bits per heavy atom. The second-order valence-electron chi connectivity index (χ2n) is 5.39. The highest BCUT2D eigenvalue weighted by Gasteiger charge is 2.27. The van der Waals surface area contributed by atoms with Gasteiger partial charge in [-0.05, 0) is 18.1 Å². The fourth-order valence-electron chi connectivity index (χ4n) is 2.71. The normalized spacial score (nSPS) is 12.1. The summed E-state index contributed by atoms with van der Waals surface area (Å²) < 4.78 is 6.08. The number of hydrogen-bond acceptors (Lipinski definition) is 6. The number of aromatic nitrogens is 2. The Balaban J connectivity index is 2.27. The molecule has 3 aromatic rings. The van der Waals surface area contributed by atoms with Crippen LogP contribution in [0.2, 0.25) is 0 Å². The first-order chi connectivity index (χ1) is 12.0. The lowest BCUT2D eigenvalue weighted by Gasteiger charge is -2.17. The fraction of sp³-hybridized carbons (Fsp3) is 0.176. The number of amides is 1. The van der Waals surface area contributed by atoms with Crippen molar-refractivity contribution in [2.45, 2.75) is 13.0 Å². The van der Waals surface area contributed by atoms with E-state index in [-0.39, 0.29) is 10.3 Å². The second-order valence-corrected chi connectivity index (χ2v) is 6.39. The van der Waals surface area contributed by atoms with E-state index < -0.39 is 23.5 Å². The third-order valence-corrected chi connectivity index (χ3v) is 5.13. The summed E-state index contributed by atoms with van der Waals surface area (Å²) in [5.41, 5.74) is 5.99. The van der Waals surface area contributed by atoms with Crippen LogP contribution < -0.4 is 11.3 Å². The zero-order valence-corrected chi connectivity index (χ0v) is 14.4. The molecule has 0 radical (unpaired) electrons. The molecule has 1 aromatic carbocycles. The lowest BCUT2D eigenvalue weighted by molar-refractivity contribution is -0.143. The number of nitrogens with zero attached hydrogens (tertiary/aromatic N) is 2. The third-order valence-electron chi connectivity index (χ3n) is 3.92. The van der Waals surface area contributed by atoms with Crippen LogP contribution in [0, 0.1) is 6.92 Å². The molecule has 0 saturated heterocycles. The summed E-state index contributed by atoms with van der Waals surface area (Å²) in [6.45, 7) is 1.64. The third kappa shape index (κ3) is 2.80. The van der Waals surface area contributed by atoms with Crippen molar-refractivity contribution < 1.29 is 14.3 Å². The molecule has 2 N–H and O–H groups in total. The van der Waals surface area contributed by atoms with E-state index in [0.29, 0.717) is 16.0 Å². The van der Waals surface area contributed by atoms with Gasteiger partial charge in [-0.2, -0.15) is 0 Å². The highest BCUT2D eigenvalue weighted by atomic mass is 32.1. The van der Waals surface area contributed by atoms with Gasteiger partial charge in [0.2, 0.25) is 0 Å². The van der Waals surface area contributed by atoms with Gasteiger partial charge in [0.1, 0.15) is 11.2 Å². The summed E-state index contributed by atoms with van der Waals surface area (Å²) in [6.07, 6.45) is 1.29. The number of benzene rings is 1. The number of esters is 1. The molecule has 2 heterocycles. The molecule has 0 bridgehead atoms. The molecule has 0 aliphatic heterocycles. The van der Waals surface area contributed by atoms with Crippen molar-refractivity contribution in [2.24, 2.45) is 5.73 Å². The van der Waals surface area contributed by atoms with E-state index in [9.17, 15) is 14.4 Å². The SMILES string of the molecule is COC(=O)C(c1ccccc1)n1cnc2sc(C(N)=O)c(C)c2c1=O. The van der Waals surface area contributed by atoms with Crippen LogP contribution in [-0.4, -0.2) is 28.5 Å². The van der Waals surface area contributed by atoms with Gasteiger partial charge in [0, 0.05) is 0 Å². The molecule has 2 aromatic heterocycles. The lowest BCUT2D eigenvalue weighted by Crippen LogP contribution is -2.31. The van der Waals surface area contributed by atoms with Gasteiger partial charge >= 0.3 is 5.97 Å². The maximum atomic E-state index is 13.0. The van der Waals surface area contributed by atoms with Gasteiger partial charge in [0.05, 0.1) is 17.4 Å². The van der Waals surface area contributed by atoms with E-state index in [1.807, 2.05) is 6.07 Å². The molecular formula is C17H15N3O4S. The van der Waals surface area contributed by atoms with E-state index in [1.165, 1.54) is 18.0 Å². The molecule has 0 spiro atoms. The topological polar surface area (TPSA) is 104 Å². The number of methoxy groups -OCH3 is 1. The number of fused-ring (bicyclic) bond motifs is 1. The van der Waals surface area contributed by atoms with Crippen molar-refractivity contribution in [3.8, 4) is 0 Å². The number of hydrogen-bond donors (Lipinski definition) is 1. The molecule has 3 rings (SSSR count). The standard InChI is InChI=1S/C17H15N3O4S/c1-9-11-15(25-13(9)14(18)21)19-8-20(16(11)22)12(17(23)24-2)10-6-4-3-5-7-10/h3-8,12H,1-2H3,(H2,18,21). The largest absolute Gasteiger partial charge is 0.467 e. The highest BCUT2D eigenvalue weighted by molar-refractivity contribution is 7.20. The first-order valence-corrected chi connectivity index (χ1v) is 8.20. The Bertz CT molecular complexity index is 1020. The van der Waals surface area contributed by atoms with Crippen LogP contribution >= 0.6 is 11.3 Å². The summed E-state index contributed by atoms with van der Waals surface area (Å²) >= 11 is 1.06. The van der Waals surface area contributed by atoms with Crippen LogP contribution in [0.3, 0.4) is 0 Å². The average Bonchev–Trinajstić information content (AvgIpc) is 2.95. The van der Waals surface area contributed by atoms with Crippen LogP contribution in [0.25, 0.3) is 10.2 Å². The van der Waals surface area contributed by atoms with Crippen molar-refractivity contribution in [1.82, 2.24) is 9.55 Å². The van der Waals surface area contributed by atoms with Crippen LogP contribution in [0.5, 0.6) is 0 Å². The smallest absolute Gasteiger partial charge is 0.333 e. The van der Waals surface area contributed by atoms with Crippen LogP contribution in [0.1, 0.15) is 26.8 Å². The maximum absolute atomic E-state index is 13.0. The maximum Gasteiger partial charge on any atom is 0.333 e. The fourth-order valence-corrected chi connectivity index (χ4v) is 3.70. The minimum Gasteiger partial charge on any atom is -0.467 e. The van der Waals surface area contributed by atoms with Crippen LogP contribution in [0.4, 0.5) is 0 Å². The summed E-state index contributed by atoms with van der Waals surface area (Å²) in [4.78, 5) is 41.8. The molecule has 0 aliphatic rings. The summed E-state index contributed by atoms with van der Waals surface area (Å²) in [5.74, 6) is -1.20. The molecule has 1 unspecified atom stereocenters. The minimum atomic E-state index is -0.966. The number of nitrogens with two attached hydrogens (primary N) is 1. The van der Waals surface area contributed by atoms with Crippen LogP contribution in [-0.2, 0) is 9.53 Å². The van der Waals surface area contributed by atoms with Gasteiger partial charge < -0.3 is 10.5 Å². The predicted octanol–water partition coefficient (Wildman–Crippen LogP) is 1.63. The van der Waals surface area contributed by atoms with Crippen molar-refractivity contribution in [3.63, 3.8) is 0 Å². The number of ether oxygens (including phenoxy) is 1. The molecule has 25 heavy (non-hydrogen) atoms. The lowest BCUT2D eigenvalue weighted by atomic mass is 10.1. The van der Waals surface area contributed by atoms with Crippen LogP contribution in [0.15, 0.2) is 41.5 Å². The zero-order valence-electron chi connectivity index (χ0n) is 13.6. The first-order valence-electron chi connectivity index (χ1n) is 7.38. The Hall–Kier alpha value is -3.00. The summed E-state index contributed by atoms with van der Waals surface area (Å²) in [5, 5.41) is 0.283. The average molecular weight is 357 g/mol. The van der Waals surface area contributed by atoms with E-state index in [1.54, 1.807) is 31.2 Å². The molecule has 1 atom stereocenters. The minimum absolute atomic E-state index is 0.283. The number of carbonyl (C=O) groups excluding carboxylic acids is 2. The Morgan fingerprint density at radius 2 is 1.96 bits per heavy atom. The van der Waals surface area contributed by atoms with Gasteiger partial charge in [-0.3, -0.25) is 14.2 Å². The Kier molecular flexibility index (Phi) is 4.37. The molecule has 7 nitrogen and oxygen atoms in total. The number of carbonyl (C=O) groups is 2. The van der Waals surface area contributed by atoms with Gasteiger partial charge in [0.15, 0.2) is 6.04 Å². The quantitative estimate of drug-likeness (QED) is 0.715.